The molecule has 0 aromatic heterocycles. The number of esters is 1. The SMILES string of the molecule is COc1cc(OC)cc(C(=O)Nc2ccccc2S(=O)(=O)N2CCC[C@H]2OC(C)=O)c1. The number of nitrogens with zero attached hydrogens (tertiary/aromatic N) is 1. The predicted octanol–water partition coefficient (Wildman–Crippen LogP) is 2.63. The summed E-state index contributed by atoms with van der Waals surface area (Å²) < 4.78 is 43.3. The molecular weight excluding hydrogens is 424 g/mol. The first-order valence-electron chi connectivity index (χ1n) is 9.58. The number of hydrogen-bond donors (Lipinski definition) is 1. The Labute approximate surface area is 181 Å². The molecule has 3 rings (SSSR count). The predicted molar refractivity (Wildman–Crippen MR) is 113 cm³/mol. The van der Waals surface area contributed by atoms with Gasteiger partial charge in [0.2, 0.25) is 10.0 Å². The maximum absolute atomic E-state index is 13.3. The third-order valence-corrected chi connectivity index (χ3v) is 6.74. The van der Waals surface area contributed by atoms with E-state index < -0.39 is 28.1 Å². The van der Waals surface area contributed by atoms with Gasteiger partial charge in [0.15, 0.2) is 6.23 Å². The molecule has 1 atom stereocenters. The summed E-state index contributed by atoms with van der Waals surface area (Å²) in [4.78, 5) is 24.1. The summed E-state index contributed by atoms with van der Waals surface area (Å²) in [6, 6.07) is 10.7. The van der Waals surface area contributed by atoms with Gasteiger partial charge in [-0.2, -0.15) is 4.31 Å². The minimum Gasteiger partial charge on any atom is -0.497 e. The Morgan fingerprint density at radius 1 is 1.06 bits per heavy atom. The molecule has 0 spiro atoms. The molecule has 0 radical (unpaired) electrons. The van der Waals surface area contributed by atoms with E-state index >= 15 is 0 Å². The van der Waals surface area contributed by atoms with Crippen molar-refractivity contribution in [1.82, 2.24) is 4.31 Å². The number of anilines is 1. The molecule has 31 heavy (non-hydrogen) atoms. The van der Waals surface area contributed by atoms with E-state index in [0.717, 1.165) is 4.31 Å². The van der Waals surface area contributed by atoms with Crippen molar-refractivity contribution in [1.29, 1.82) is 0 Å². The first-order valence-corrected chi connectivity index (χ1v) is 11.0. The zero-order valence-electron chi connectivity index (χ0n) is 17.5. The standard InChI is InChI=1S/C21H24N2O7S/c1-14(24)30-20-9-6-10-23(20)31(26,27)19-8-5-4-7-18(19)22-21(25)15-11-16(28-2)13-17(12-15)29-3/h4-5,7-8,11-13,20H,6,9-10H2,1-3H3,(H,22,25)/t20-/m1/s1. The van der Waals surface area contributed by atoms with Gasteiger partial charge >= 0.3 is 5.97 Å². The van der Waals surface area contributed by atoms with E-state index in [1.165, 1.54) is 45.4 Å². The number of sulfonamides is 1. The topological polar surface area (TPSA) is 111 Å². The number of para-hydroxylation sites is 1. The van der Waals surface area contributed by atoms with Gasteiger partial charge in [-0.25, -0.2) is 8.42 Å². The number of rotatable bonds is 7. The van der Waals surface area contributed by atoms with Gasteiger partial charge < -0.3 is 19.5 Å². The number of nitrogens with one attached hydrogen (secondary N) is 1. The second-order valence-corrected chi connectivity index (χ2v) is 8.73. The summed E-state index contributed by atoms with van der Waals surface area (Å²) in [6.45, 7) is 1.45. The number of hydrogen-bond acceptors (Lipinski definition) is 7. The Hall–Kier alpha value is -3.11. The van der Waals surface area contributed by atoms with E-state index in [1.54, 1.807) is 18.2 Å². The maximum atomic E-state index is 13.3. The number of carbonyl (C=O) groups excluding carboxylic acids is 2. The molecule has 0 saturated carbocycles. The van der Waals surface area contributed by atoms with Gasteiger partial charge in [-0.05, 0) is 30.7 Å². The number of benzene rings is 2. The molecule has 1 aliphatic heterocycles. The highest BCUT2D eigenvalue weighted by molar-refractivity contribution is 7.89. The number of methoxy groups -OCH3 is 2. The molecular formula is C21H24N2O7S. The van der Waals surface area contributed by atoms with E-state index in [2.05, 4.69) is 5.32 Å². The van der Waals surface area contributed by atoms with Crippen molar-refractivity contribution in [2.24, 2.45) is 0 Å². The van der Waals surface area contributed by atoms with Crippen LogP contribution in [0.25, 0.3) is 0 Å². The lowest BCUT2D eigenvalue weighted by molar-refractivity contribution is -0.150. The number of amides is 1. The summed E-state index contributed by atoms with van der Waals surface area (Å²) in [5.74, 6) is -0.239. The van der Waals surface area contributed by atoms with Gasteiger partial charge in [0.1, 0.15) is 16.4 Å². The van der Waals surface area contributed by atoms with E-state index in [9.17, 15) is 18.0 Å². The van der Waals surface area contributed by atoms with Crippen LogP contribution in [0.4, 0.5) is 5.69 Å². The van der Waals surface area contributed by atoms with Crippen molar-refractivity contribution in [2.45, 2.75) is 30.9 Å². The highest BCUT2D eigenvalue weighted by atomic mass is 32.2. The van der Waals surface area contributed by atoms with Gasteiger partial charge in [0, 0.05) is 31.5 Å². The molecule has 0 unspecified atom stereocenters. The molecule has 1 heterocycles. The van der Waals surface area contributed by atoms with E-state index in [1.807, 2.05) is 0 Å². The number of ether oxygens (including phenoxy) is 3. The molecule has 10 heteroatoms. The van der Waals surface area contributed by atoms with Crippen molar-refractivity contribution in [3.05, 3.63) is 48.0 Å². The quantitative estimate of drug-likeness (QED) is 0.648. The second-order valence-electron chi connectivity index (χ2n) is 6.87. The Balaban J connectivity index is 1.92. The Kier molecular flexibility index (Phi) is 6.81. The van der Waals surface area contributed by atoms with Gasteiger partial charge in [0.05, 0.1) is 19.9 Å². The molecule has 1 N–H and O–H groups in total. The molecule has 1 fully saturated rings. The molecule has 9 nitrogen and oxygen atoms in total. The zero-order chi connectivity index (χ0) is 22.6. The van der Waals surface area contributed by atoms with Crippen LogP contribution in [0.1, 0.15) is 30.1 Å². The summed E-state index contributed by atoms with van der Waals surface area (Å²) in [5, 5.41) is 2.65. The Morgan fingerprint density at radius 3 is 2.32 bits per heavy atom. The first kappa shape index (κ1) is 22.6. The molecule has 2 aromatic carbocycles. The van der Waals surface area contributed by atoms with Crippen LogP contribution in [0, 0.1) is 0 Å². The average molecular weight is 448 g/mol. The summed E-state index contributed by atoms with van der Waals surface area (Å²) in [5.41, 5.74) is 0.352. The van der Waals surface area contributed by atoms with Crippen LogP contribution in [0.3, 0.4) is 0 Å². The monoisotopic (exact) mass is 448 g/mol. The molecule has 2 aromatic rings. The summed E-state index contributed by atoms with van der Waals surface area (Å²) in [7, 11) is -1.09. The van der Waals surface area contributed by atoms with Crippen LogP contribution in [0.5, 0.6) is 11.5 Å². The molecule has 1 amide bonds. The normalized spacial score (nSPS) is 16.5. The molecule has 0 aliphatic carbocycles. The summed E-state index contributed by atoms with van der Waals surface area (Å²) in [6.07, 6.45) is 0.112. The minimum atomic E-state index is -4.03. The third-order valence-electron chi connectivity index (χ3n) is 4.79. The zero-order valence-corrected chi connectivity index (χ0v) is 18.3. The van der Waals surface area contributed by atoms with Crippen LogP contribution in [-0.4, -0.2) is 51.6 Å². The van der Waals surface area contributed by atoms with Crippen molar-refractivity contribution >= 4 is 27.6 Å². The van der Waals surface area contributed by atoms with E-state index in [4.69, 9.17) is 14.2 Å². The van der Waals surface area contributed by atoms with Crippen molar-refractivity contribution in [3.8, 4) is 11.5 Å². The van der Waals surface area contributed by atoms with Crippen molar-refractivity contribution < 1.29 is 32.2 Å². The van der Waals surface area contributed by atoms with Crippen LogP contribution < -0.4 is 14.8 Å². The second kappa shape index (κ2) is 9.36. The molecule has 1 saturated heterocycles. The van der Waals surface area contributed by atoms with Crippen LogP contribution in [0.15, 0.2) is 47.4 Å². The molecule has 166 valence electrons. The van der Waals surface area contributed by atoms with Gasteiger partial charge in [-0.1, -0.05) is 12.1 Å². The summed E-state index contributed by atoms with van der Waals surface area (Å²) >= 11 is 0. The van der Waals surface area contributed by atoms with Crippen molar-refractivity contribution in [3.63, 3.8) is 0 Å². The van der Waals surface area contributed by atoms with Crippen LogP contribution in [0.2, 0.25) is 0 Å². The lowest BCUT2D eigenvalue weighted by Crippen LogP contribution is -2.38. The largest absolute Gasteiger partial charge is 0.497 e. The van der Waals surface area contributed by atoms with Crippen LogP contribution >= 0.6 is 0 Å². The number of carbonyl (C=O) groups is 2. The van der Waals surface area contributed by atoms with Gasteiger partial charge in [-0.15, -0.1) is 0 Å². The molecule has 1 aliphatic rings. The Bertz CT molecular complexity index is 1060. The fourth-order valence-corrected chi connectivity index (χ4v) is 5.08. The highest BCUT2D eigenvalue weighted by Crippen LogP contribution is 2.31. The average Bonchev–Trinajstić information content (AvgIpc) is 3.21. The molecule has 0 bridgehead atoms. The third kappa shape index (κ3) is 4.97. The highest BCUT2D eigenvalue weighted by Gasteiger charge is 2.38. The van der Waals surface area contributed by atoms with Gasteiger partial charge in [0.25, 0.3) is 5.91 Å². The van der Waals surface area contributed by atoms with Crippen molar-refractivity contribution in [2.75, 3.05) is 26.1 Å². The van der Waals surface area contributed by atoms with E-state index in [-0.39, 0.29) is 22.7 Å². The fraction of sp³-hybridized carbons (Fsp3) is 0.333. The smallest absolute Gasteiger partial charge is 0.304 e. The van der Waals surface area contributed by atoms with E-state index in [0.29, 0.717) is 24.3 Å². The first-order chi connectivity index (χ1) is 14.8. The maximum Gasteiger partial charge on any atom is 0.304 e. The Morgan fingerprint density at radius 2 is 1.71 bits per heavy atom. The van der Waals surface area contributed by atoms with Gasteiger partial charge in [-0.3, -0.25) is 9.59 Å². The van der Waals surface area contributed by atoms with Crippen LogP contribution in [-0.2, 0) is 19.6 Å². The lowest BCUT2D eigenvalue weighted by Gasteiger charge is -2.24. The minimum absolute atomic E-state index is 0.0859. The fourth-order valence-electron chi connectivity index (χ4n) is 3.35. The lowest BCUT2D eigenvalue weighted by atomic mass is 10.2.